The molecule has 0 aliphatic rings. The summed E-state index contributed by atoms with van der Waals surface area (Å²) in [5.41, 5.74) is 1.22. The molecule has 0 N–H and O–H groups in total. The molecule has 1 rings (SSSR count). The summed E-state index contributed by atoms with van der Waals surface area (Å²) in [4.78, 5) is 25.1. The van der Waals surface area contributed by atoms with E-state index in [1.807, 2.05) is 13.8 Å². The molecule has 0 aliphatic heterocycles. The van der Waals surface area contributed by atoms with Gasteiger partial charge in [0, 0.05) is 13.1 Å². The van der Waals surface area contributed by atoms with Crippen LogP contribution in [0.15, 0.2) is 28.9 Å². The minimum atomic E-state index is -0.550. The predicted octanol–water partition coefficient (Wildman–Crippen LogP) is 2.17. The van der Waals surface area contributed by atoms with Crippen LogP contribution in [-0.4, -0.2) is 36.5 Å². The molecule has 1 amide bonds. The summed E-state index contributed by atoms with van der Waals surface area (Å²) in [6, 6.07) is 1.52. The van der Waals surface area contributed by atoms with Gasteiger partial charge in [-0.15, -0.1) is 0 Å². The topological polar surface area (TPSA) is 59.8 Å². The highest BCUT2D eigenvalue weighted by Crippen LogP contribution is 2.10. The molecule has 0 fully saturated rings. The van der Waals surface area contributed by atoms with E-state index in [1.165, 1.54) is 12.3 Å². The molecule has 0 aliphatic carbocycles. The fourth-order valence-electron chi connectivity index (χ4n) is 1.60. The molecule has 0 unspecified atom stereocenters. The second kappa shape index (κ2) is 6.78. The van der Waals surface area contributed by atoms with Crippen molar-refractivity contribution in [2.75, 3.05) is 19.7 Å². The van der Waals surface area contributed by atoms with Crippen LogP contribution < -0.4 is 0 Å². The van der Waals surface area contributed by atoms with E-state index in [9.17, 15) is 9.59 Å². The van der Waals surface area contributed by atoms with Gasteiger partial charge < -0.3 is 14.1 Å². The number of carbonyl (C=O) groups excluding carboxylic acids is 2. The highest BCUT2D eigenvalue weighted by molar-refractivity contribution is 5.92. The molecule has 1 heterocycles. The SMILES string of the molecule is C=C(C)CN(CC)C(=O)COC(=O)c1ccoc1C. The van der Waals surface area contributed by atoms with Gasteiger partial charge in [0.25, 0.3) is 5.91 Å². The molecule has 1 aromatic rings. The van der Waals surface area contributed by atoms with Crippen LogP contribution in [0, 0.1) is 6.92 Å². The third-order valence-electron chi connectivity index (χ3n) is 2.60. The van der Waals surface area contributed by atoms with Crippen molar-refractivity contribution in [1.29, 1.82) is 0 Å². The lowest BCUT2D eigenvalue weighted by Gasteiger charge is -2.20. The Hall–Kier alpha value is -2.04. The van der Waals surface area contributed by atoms with Gasteiger partial charge in [-0.05, 0) is 26.8 Å². The van der Waals surface area contributed by atoms with Crippen LogP contribution in [0.5, 0.6) is 0 Å². The van der Waals surface area contributed by atoms with Crippen LogP contribution in [0.1, 0.15) is 30.0 Å². The number of rotatable bonds is 6. The fraction of sp³-hybridized carbons (Fsp3) is 0.429. The number of ether oxygens (including phenoxy) is 1. The van der Waals surface area contributed by atoms with Gasteiger partial charge in [-0.25, -0.2) is 4.79 Å². The number of nitrogens with zero attached hydrogens (tertiary/aromatic N) is 1. The lowest BCUT2D eigenvalue weighted by Crippen LogP contribution is -2.35. The lowest BCUT2D eigenvalue weighted by molar-refractivity contribution is -0.133. The summed E-state index contributed by atoms with van der Waals surface area (Å²) in [6.07, 6.45) is 1.41. The molecule has 0 saturated carbocycles. The number of carbonyl (C=O) groups is 2. The number of aryl methyl sites for hydroxylation is 1. The standard InChI is InChI=1S/C14H19NO4/c1-5-15(8-10(2)3)13(16)9-19-14(17)12-6-7-18-11(12)4/h6-7H,2,5,8-9H2,1,3-4H3. The number of furan rings is 1. The van der Waals surface area contributed by atoms with Crippen LogP contribution in [0.4, 0.5) is 0 Å². The van der Waals surface area contributed by atoms with Crippen molar-refractivity contribution in [2.24, 2.45) is 0 Å². The van der Waals surface area contributed by atoms with E-state index < -0.39 is 5.97 Å². The van der Waals surface area contributed by atoms with Crippen molar-refractivity contribution in [3.63, 3.8) is 0 Å². The maximum absolute atomic E-state index is 11.9. The zero-order chi connectivity index (χ0) is 14.4. The number of esters is 1. The maximum Gasteiger partial charge on any atom is 0.342 e. The van der Waals surface area contributed by atoms with Crippen molar-refractivity contribution in [3.8, 4) is 0 Å². The Morgan fingerprint density at radius 3 is 2.63 bits per heavy atom. The first-order valence-electron chi connectivity index (χ1n) is 6.09. The molecule has 0 spiro atoms. The summed E-state index contributed by atoms with van der Waals surface area (Å²) < 4.78 is 9.98. The van der Waals surface area contributed by atoms with E-state index in [0.717, 1.165) is 5.57 Å². The molecule has 5 heteroatoms. The molecule has 5 nitrogen and oxygen atoms in total. The van der Waals surface area contributed by atoms with Crippen LogP contribution in [-0.2, 0) is 9.53 Å². The van der Waals surface area contributed by atoms with Crippen molar-refractivity contribution in [2.45, 2.75) is 20.8 Å². The first kappa shape index (κ1) is 15.0. The van der Waals surface area contributed by atoms with E-state index in [-0.39, 0.29) is 12.5 Å². The molecule has 19 heavy (non-hydrogen) atoms. The highest BCUT2D eigenvalue weighted by atomic mass is 16.5. The Kier molecular flexibility index (Phi) is 5.36. The van der Waals surface area contributed by atoms with Gasteiger partial charge in [-0.1, -0.05) is 12.2 Å². The average Bonchev–Trinajstić information content (AvgIpc) is 2.78. The van der Waals surface area contributed by atoms with E-state index in [2.05, 4.69) is 6.58 Å². The van der Waals surface area contributed by atoms with Crippen LogP contribution in [0.3, 0.4) is 0 Å². The summed E-state index contributed by atoms with van der Waals surface area (Å²) in [5.74, 6) is -0.308. The Morgan fingerprint density at radius 1 is 1.47 bits per heavy atom. The molecular weight excluding hydrogens is 246 g/mol. The van der Waals surface area contributed by atoms with Crippen molar-refractivity contribution in [3.05, 3.63) is 35.8 Å². The zero-order valence-electron chi connectivity index (χ0n) is 11.6. The molecular formula is C14H19NO4. The van der Waals surface area contributed by atoms with E-state index in [0.29, 0.717) is 24.4 Å². The molecule has 0 saturated heterocycles. The van der Waals surface area contributed by atoms with E-state index in [4.69, 9.17) is 9.15 Å². The van der Waals surface area contributed by atoms with Crippen LogP contribution >= 0.6 is 0 Å². The third kappa shape index (κ3) is 4.28. The average molecular weight is 265 g/mol. The summed E-state index contributed by atoms with van der Waals surface area (Å²) >= 11 is 0. The van der Waals surface area contributed by atoms with E-state index >= 15 is 0 Å². The Balaban J connectivity index is 2.52. The molecule has 0 radical (unpaired) electrons. The number of hydrogen-bond donors (Lipinski definition) is 0. The summed E-state index contributed by atoms with van der Waals surface area (Å²) in [7, 11) is 0. The van der Waals surface area contributed by atoms with Gasteiger partial charge >= 0.3 is 5.97 Å². The van der Waals surface area contributed by atoms with E-state index in [1.54, 1.807) is 11.8 Å². The zero-order valence-corrected chi connectivity index (χ0v) is 11.6. The first-order valence-corrected chi connectivity index (χ1v) is 6.09. The van der Waals surface area contributed by atoms with Gasteiger partial charge in [0.15, 0.2) is 6.61 Å². The second-order valence-corrected chi connectivity index (χ2v) is 4.33. The second-order valence-electron chi connectivity index (χ2n) is 4.33. The van der Waals surface area contributed by atoms with Gasteiger partial charge in [0.2, 0.25) is 0 Å². The summed E-state index contributed by atoms with van der Waals surface area (Å²) in [5, 5.41) is 0. The monoisotopic (exact) mass is 265 g/mol. The first-order chi connectivity index (χ1) is 8.95. The van der Waals surface area contributed by atoms with Gasteiger partial charge in [0.1, 0.15) is 11.3 Å². The normalized spacial score (nSPS) is 10.1. The Bertz CT molecular complexity index is 476. The van der Waals surface area contributed by atoms with Crippen LogP contribution in [0.25, 0.3) is 0 Å². The molecule has 0 bridgehead atoms. The number of hydrogen-bond acceptors (Lipinski definition) is 4. The third-order valence-corrected chi connectivity index (χ3v) is 2.60. The quantitative estimate of drug-likeness (QED) is 0.584. The van der Waals surface area contributed by atoms with Gasteiger partial charge in [-0.3, -0.25) is 4.79 Å². The van der Waals surface area contributed by atoms with Crippen LogP contribution in [0.2, 0.25) is 0 Å². The lowest BCUT2D eigenvalue weighted by atomic mass is 10.3. The fourth-order valence-corrected chi connectivity index (χ4v) is 1.60. The number of amides is 1. The summed E-state index contributed by atoms with van der Waals surface area (Å²) in [6.45, 7) is 9.88. The van der Waals surface area contributed by atoms with Crippen molar-refractivity contribution in [1.82, 2.24) is 4.90 Å². The Labute approximate surface area is 112 Å². The van der Waals surface area contributed by atoms with Crippen molar-refractivity contribution >= 4 is 11.9 Å². The number of likely N-dealkylation sites (N-methyl/N-ethyl adjacent to an activating group) is 1. The Morgan fingerprint density at radius 2 is 2.16 bits per heavy atom. The van der Waals surface area contributed by atoms with Gasteiger partial charge in [0.05, 0.1) is 6.26 Å². The predicted molar refractivity (Wildman–Crippen MR) is 70.8 cm³/mol. The minimum Gasteiger partial charge on any atom is -0.469 e. The van der Waals surface area contributed by atoms with Crippen molar-refractivity contribution < 1.29 is 18.7 Å². The highest BCUT2D eigenvalue weighted by Gasteiger charge is 2.17. The molecule has 0 atom stereocenters. The molecule has 0 aromatic carbocycles. The largest absolute Gasteiger partial charge is 0.469 e. The molecule has 1 aromatic heterocycles. The van der Waals surface area contributed by atoms with Gasteiger partial charge in [-0.2, -0.15) is 0 Å². The maximum atomic E-state index is 11.9. The molecule has 104 valence electrons. The minimum absolute atomic E-state index is 0.236. The smallest absolute Gasteiger partial charge is 0.342 e.